The number of sulfonamides is 1. The van der Waals surface area contributed by atoms with E-state index in [4.69, 9.17) is 0 Å². The second-order valence-corrected chi connectivity index (χ2v) is 6.86. The van der Waals surface area contributed by atoms with Gasteiger partial charge in [0.15, 0.2) is 0 Å². The zero-order valence-electron chi connectivity index (χ0n) is 11.0. The average molecular weight is 292 g/mol. The van der Waals surface area contributed by atoms with Gasteiger partial charge < -0.3 is 0 Å². The minimum atomic E-state index is -3.27. The summed E-state index contributed by atoms with van der Waals surface area (Å²) in [5.74, 6) is 0.0487. The maximum atomic E-state index is 12.4. The minimum absolute atomic E-state index is 0.0375. The van der Waals surface area contributed by atoms with Gasteiger partial charge in [-0.3, -0.25) is 0 Å². The van der Waals surface area contributed by atoms with Crippen LogP contribution in [0.1, 0.15) is 18.0 Å². The molecule has 0 N–H and O–H groups in total. The molecule has 20 heavy (non-hydrogen) atoms. The average Bonchev–Trinajstić information content (AvgIpc) is 3.11. The first-order valence-corrected chi connectivity index (χ1v) is 8.13. The summed E-state index contributed by atoms with van der Waals surface area (Å²) in [4.78, 5) is 1.60. The number of rotatable bonds is 4. The van der Waals surface area contributed by atoms with E-state index in [0.29, 0.717) is 13.1 Å². The molecule has 1 aromatic heterocycles. The molecule has 6 nitrogen and oxygen atoms in total. The van der Waals surface area contributed by atoms with Gasteiger partial charge in [-0.05, 0) is 12.0 Å². The fraction of sp³-hybridized carbons (Fsp3) is 0.385. The maximum absolute atomic E-state index is 12.4. The maximum Gasteiger partial charge on any atom is 0.218 e. The lowest BCUT2D eigenvalue weighted by Crippen LogP contribution is -2.30. The summed E-state index contributed by atoms with van der Waals surface area (Å²) in [5, 5.41) is 8.17. The van der Waals surface area contributed by atoms with Gasteiger partial charge in [-0.25, -0.2) is 8.42 Å². The van der Waals surface area contributed by atoms with Crippen LogP contribution in [0, 0.1) is 0 Å². The second-order valence-electron chi connectivity index (χ2n) is 4.89. The second kappa shape index (κ2) is 5.34. The van der Waals surface area contributed by atoms with E-state index in [1.807, 2.05) is 30.3 Å². The first-order valence-electron chi connectivity index (χ1n) is 6.53. The Bertz CT molecular complexity index is 655. The molecule has 0 radical (unpaired) electrons. The van der Waals surface area contributed by atoms with Gasteiger partial charge in [0, 0.05) is 13.1 Å². The molecule has 0 aliphatic carbocycles. The van der Waals surface area contributed by atoms with Crippen molar-refractivity contribution >= 4 is 10.0 Å². The van der Waals surface area contributed by atoms with Crippen molar-refractivity contribution in [3.05, 3.63) is 48.3 Å². The normalized spacial score (nSPS) is 20.3. The Balaban J connectivity index is 1.70. The molecule has 1 fully saturated rings. The molecular formula is C13H16N4O2S. The van der Waals surface area contributed by atoms with Crippen molar-refractivity contribution in [1.29, 1.82) is 0 Å². The smallest absolute Gasteiger partial charge is 0.212 e. The van der Waals surface area contributed by atoms with Gasteiger partial charge in [0.25, 0.3) is 0 Å². The van der Waals surface area contributed by atoms with E-state index in [0.717, 1.165) is 12.0 Å². The van der Waals surface area contributed by atoms with Crippen LogP contribution in [0.2, 0.25) is 0 Å². The fourth-order valence-electron chi connectivity index (χ4n) is 2.44. The number of nitrogens with zero attached hydrogens (tertiary/aromatic N) is 4. The summed E-state index contributed by atoms with van der Waals surface area (Å²) in [5.41, 5.74) is 0.813. The molecule has 3 rings (SSSR count). The molecule has 0 amide bonds. The summed E-state index contributed by atoms with van der Waals surface area (Å²) in [7, 11) is -3.27. The van der Waals surface area contributed by atoms with Gasteiger partial charge in [0.1, 0.15) is 0 Å². The summed E-state index contributed by atoms with van der Waals surface area (Å²) in [6.07, 6.45) is 3.98. The molecular weight excluding hydrogens is 276 g/mol. The van der Waals surface area contributed by atoms with Crippen LogP contribution >= 0.6 is 0 Å². The summed E-state index contributed by atoms with van der Waals surface area (Å²) in [6.45, 7) is 0.977. The van der Waals surface area contributed by atoms with E-state index in [9.17, 15) is 8.42 Å². The van der Waals surface area contributed by atoms with Crippen molar-refractivity contribution in [2.45, 2.75) is 18.2 Å². The third-order valence-corrected chi connectivity index (χ3v) is 5.29. The van der Waals surface area contributed by atoms with Crippen LogP contribution < -0.4 is 0 Å². The van der Waals surface area contributed by atoms with E-state index >= 15 is 0 Å². The van der Waals surface area contributed by atoms with Gasteiger partial charge in [0.2, 0.25) is 10.0 Å². The molecule has 7 heteroatoms. The van der Waals surface area contributed by atoms with E-state index in [2.05, 4.69) is 10.2 Å². The molecule has 1 aromatic carbocycles. The van der Waals surface area contributed by atoms with E-state index in [-0.39, 0.29) is 11.8 Å². The van der Waals surface area contributed by atoms with Gasteiger partial charge in [-0.1, -0.05) is 30.3 Å². The van der Waals surface area contributed by atoms with Crippen LogP contribution in [0.15, 0.2) is 42.7 Å². The van der Waals surface area contributed by atoms with Crippen molar-refractivity contribution in [1.82, 2.24) is 19.3 Å². The fourth-order valence-corrected chi connectivity index (χ4v) is 4.02. The predicted octanol–water partition coefficient (Wildman–Crippen LogP) is 1.05. The SMILES string of the molecule is O=S(=O)(Cc1ccccc1)N1CC[C@H](n2nccn2)C1. The Morgan fingerprint density at radius 3 is 2.55 bits per heavy atom. The number of benzene rings is 1. The summed E-state index contributed by atoms with van der Waals surface area (Å²) < 4.78 is 26.3. The Kier molecular flexibility index (Phi) is 3.54. The topological polar surface area (TPSA) is 68.1 Å². The first kappa shape index (κ1) is 13.3. The largest absolute Gasteiger partial charge is 0.218 e. The molecule has 0 unspecified atom stereocenters. The van der Waals surface area contributed by atoms with Gasteiger partial charge in [-0.15, -0.1) is 0 Å². The highest BCUT2D eigenvalue weighted by Crippen LogP contribution is 2.24. The monoisotopic (exact) mass is 292 g/mol. The van der Waals surface area contributed by atoms with Crippen LogP contribution in [-0.2, 0) is 15.8 Å². The lowest BCUT2D eigenvalue weighted by molar-refractivity contribution is 0.402. The van der Waals surface area contributed by atoms with Crippen LogP contribution in [0.3, 0.4) is 0 Å². The van der Waals surface area contributed by atoms with E-state index in [1.165, 1.54) is 4.31 Å². The van der Waals surface area contributed by atoms with Gasteiger partial charge in [-0.2, -0.15) is 19.3 Å². The number of hydrogen-bond acceptors (Lipinski definition) is 4. The highest BCUT2D eigenvalue weighted by molar-refractivity contribution is 7.88. The Hall–Kier alpha value is -1.73. The quantitative estimate of drug-likeness (QED) is 0.845. The zero-order valence-corrected chi connectivity index (χ0v) is 11.8. The lowest BCUT2D eigenvalue weighted by Gasteiger charge is -2.16. The van der Waals surface area contributed by atoms with Crippen molar-refractivity contribution in [2.75, 3.05) is 13.1 Å². The van der Waals surface area contributed by atoms with Crippen LogP contribution in [0.4, 0.5) is 0 Å². The van der Waals surface area contributed by atoms with Gasteiger partial charge in [0.05, 0.1) is 24.2 Å². The lowest BCUT2D eigenvalue weighted by atomic mass is 10.2. The molecule has 1 aliphatic heterocycles. The molecule has 0 saturated carbocycles. The number of aromatic nitrogens is 3. The molecule has 1 saturated heterocycles. The Morgan fingerprint density at radius 1 is 1.15 bits per heavy atom. The zero-order chi connectivity index (χ0) is 14.0. The molecule has 0 bridgehead atoms. The predicted molar refractivity (Wildman–Crippen MR) is 74.3 cm³/mol. The minimum Gasteiger partial charge on any atom is -0.212 e. The van der Waals surface area contributed by atoms with Crippen LogP contribution in [0.25, 0.3) is 0 Å². The molecule has 106 valence electrons. The molecule has 0 spiro atoms. The van der Waals surface area contributed by atoms with Crippen LogP contribution in [-0.4, -0.2) is 40.8 Å². The van der Waals surface area contributed by atoms with Gasteiger partial charge >= 0.3 is 0 Å². The third kappa shape index (κ3) is 2.73. The highest BCUT2D eigenvalue weighted by Gasteiger charge is 2.32. The number of hydrogen-bond donors (Lipinski definition) is 0. The molecule has 2 aromatic rings. The van der Waals surface area contributed by atoms with Crippen molar-refractivity contribution < 1.29 is 8.42 Å². The van der Waals surface area contributed by atoms with Crippen molar-refractivity contribution in [2.24, 2.45) is 0 Å². The molecule has 1 atom stereocenters. The van der Waals surface area contributed by atoms with E-state index < -0.39 is 10.0 Å². The van der Waals surface area contributed by atoms with E-state index in [1.54, 1.807) is 17.2 Å². The molecule has 2 heterocycles. The Morgan fingerprint density at radius 2 is 1.85 bits per heavy atom. The first-order chi connectivity index (χ1) is 9.65. The summed E-state index contributed by atoms with van der Waals surface area (Å²) >= 11 is 0. The van der Waals surface area contributed by atoms with Crippen LogP contribution in [0.5, 0.6) is 0 Å². The van der Waals surface area contributed by atoms with Crippen molar-refractivity contribution in [3.63, 3.8) is 0 Å². The molecule has 1 aliphatic rings. The Labute approximate surface area is 118 Å². The highest BCUT2D eigenvalue weighted by atomic mass is 32.2. The standard InChI is InChI=1S/C13H16N4O2S/c18-20(19,11-12-4-2-1-3-5-12)16-9-6-13(10-16)17-14-7-8-15-17/h1-5,7-8,13H,6,9-11H2/t13-/m0/s1. The third-order valence-electron chi connectivity index (χ3n) is 3.47. The van der Waals surface area contributed by atoms with Crippen molar-refractivity contribution in [3.8, 4) is 0 Å². The summed E-state index contributed by atoms with van der Waals surface area (Å²) in [6, 6.07) is 9.29.